The molecule has 0 spiro atoms. The maximum atomic E-state index is 12.0. The molecular weight excluding hydrogens is 249 g/mol. The summed E-state index contributed by atoms with van der Waals surface area (Å²) in [5, 5.41) is 2.56. The van der Waals surface area contributed by atoms with Crippen molar-refractivity contribution in [2.24, 2.45) is 0 Å². The van der Waals surface area contributed by atoms with Crippen LogP contribution in [-0.4, -0.2) is 23.7 Å². The summed E-state index contributed by atoms with van der Waals surface area (Å²) in [6.45, 7) is 0.415. The standard InChI is InChI=1S/C11H13F3N2O2/c1-2-10(17)16-5-8-3-4-15-6-9(8)18-7-11(12,13)14/h3-4,6H,2,5,7H2,1H3,(H,16,17). The van der Waals surface area contributed by atoms with Crippen LogP contribution in [0.1, 0.15) is 18.9 Å². The van der Waals surface area contributed by atoms with Crippen LogP contribution < -0.4 is 10.1 Å². The highest BCUT2D eigenvalue weighted by Crippen LogP contribution is 2.21. The molecule has 7 heteroatoms. The normalized spacial score (nSPS) is 11.1. The predicted molar refractivity (Wildman–Crippen MR) is 57.9 cm³/mol. The summed E-state index contributed by atoms with van der Waals surface area (Å²) in [5.41, 5.74) is 0.455. The fourth-order valence-electron chi connectivity index (χ4n) is 1.16. The number of nitrogens with zero attached hydrogens (tertiary/aromatic N) is 1. The van der Waals surface area contributed by atoms with E-state index in [1.807, 2.05) is 0 Å². The van der Waals surface area contributed by atoms with Crippen LogP contribution in [0.25, 0.3) is 0 Å². The molecule has 0 aliphatic rings. The summed E-state index contributed by atoms with van der Waals surface area (Å²) in [6.07, 6.45) is -1.48. The number of halogens is 3. The van der Waals surface area contributed by atoms with E-state index in [0.29, 0.717) is 12.0 Å². The number of rotatable bonds is 5. The zero-order valence-electron chi connectivity index (χ0n) is 9.75. The van der Waals surface area contributed by atoms with E-state index in [-0.39, 0.29) is 18.2 Å². The lowest BCUT2D eigenvalue weighted by Gasteiger charge is -2.12. The van der Waals surface area contributed by atoms with Crippen molar-refractivity contribution < 1.29 is 22.7 Å². The van der Waals surface area contributed by atoms with Gasteiger partial charge in [-0.2, -0.15) is 13.2 Å². The van der Waals surface area contributed by atoms with Gasteiger partial charge in [0.15, 0.2) is 6.61 Å². The Bertz CT molecular complexity index is 408. The van der Waals surface area contributed by atoms with Crippen molar-refractivity contribution in [2.75, 3.05) is 6.61 Å². The molecule has 0 atom stereocenters. The number of amides is 1. The van der Waals surface area contributed by atoms with Gasteiger partial charge >= 0.3 is 6.18 Å². The second kappa shape index (κ2) is 6.23. The Hall–Kier alpha value is -1.79. The zero-order valence-corrected chi connectivity index (χ0v) is 9.75. The van der Waals surface area contributed by atoms with Crippen molar-refractivity contribution in [3.8, 4) is 5.75 Å². The molecule has 1 rings (SSSR count). The first-order chi connectivity index (χ1) is 8.42. The molecule has 18 heavy (non-hydrogen) atoms. The number of aromatic nitrogens is 1. The van der Waals surface area contributed by atoms with Crippen LogP contribution in [0.2, 0.25) is 0 Å². The Kier molecular flexibility index (Phi) is 4.94. The van der Waals surface area contributed by atoms with Gasteiger partial charge in [0.25, 0.3) is 0 Å². The average molecular weight is 262 g/mol. The molecule has 1 N–H and O–H groups in total. The molecule has 1 aromatic rings. The van der Waals surface area contributed by atoms with Gasteiger partial charge in [0.1, 0.15) is 5.75 Å². The second-order valence-corrected chi connectivity index (χ2v) is 3.52. The van der Waals surface area contributed by atoms with Gasteiger partial charge in [-0.1, -0.05) is 6.92 Å². The van der Waals surface area contributed by atoms with E-state index in [1.165, 1.54) is 18.5 Å². The molecule has 0 aromatic carbocycles. The van der Waals surface area contributed by atoms with E-state index in [4.69, 9.17) is 0 Å². The molecule has 0 saturated carbocycles. The topological polar surface area (TPSA) is 51.2 Å². The predicted octanol–water partition coefficient (Wildman–Crippen LogP) is 2.05. The van der Waals surface area contributed by atoms with Gasteiger partial charge < -0.3 is 10.1 Å². The molecule has 0 radical (unpaired) electrons. The maximum absolute atomic E-state index is 12.0. The quantitative estimate of drug-likeness (QED) is 0.883. The van der Waals surface area contributed by atoms with Gasteiger partial charge in [-0.3, -0.25) is 9.78 Å². The first-order valence-electron chi connectivity index (χ1n) is 5.31. The maximum Gasteiger partial charge on any atom is 0.422 e. The second-order valence-electron chi connectivity index (χ2n) is 3.52. The zero-order chi connectivity index (χ0) is 13.6. The van der Waals surface area contributed by atoms with Gasteiger partial charge in [0.05, 0.1) is 6.20 Å². The van der Waals surface area contributed by atoms with E-state index in [9.17, 15) is 18.0 Å². The number of carbonyl (C=O) groups excluding carboxylic acids is 1. The van der Waals surface area contributed by atoms with Crippen LogP contribution in [0.3, 0.4) is 0 Å². The van der Waals surface area contributed by atoms with Crippen LogP contribution in [0.5, 0.6) is 5.75 Å². The minimum Gasteiger partial charge on any atom is -0.482 e. The van der Waals surface area contributed by atoms with Crippen LogP contribution in [-0.2, 0) is 11.3 Å². The molecule has 1 heterocycles. The van der Waals surface area contributed by atoms with Crippen LogP contribution in [0.4, 0.5) is 13.2 Å². The van der Waals surface area contributed by atoms with E-state index < -0.39 is 12.8 Å². The molecule has 0 aliphatic heterocycles. The number of hydrogen-bond donors (Lipinski definition) is 1. The average Bonchev–Trinajstić information content (AvgIpc) is 2.33. The molecule has 100 valence electrons. The van der Waals surface area contributed by atoms with Gasteiger partial charge in [0.2, 0.25) is 5.91 Å². The SMILES string of the molecule is CCC(=O)NCc1ccncc1OCC(F)(F)F. The number of alkyl halides is 3. The Balaban J connectivity index is 2.64. The van der Waals surface area contributed by atoms with Gasteiger partial charge in [0, 0.05) is 24.7 Å². The summed E-state index contributed by atoms with van der Waals surface area (Å²) in [4.78, 5) is 14.8. The largest absolute Gasteiger partial charge is 0.482 e. The Labute approximate surface area is 102 Å². The Morgan fingerprint density at radius 2 is 2.22 bits per heavy atom. The molecule has 0 fully saturated rings. The van der Waals surface area contributed by atoms with Crippen molar-refractivity contribution >= 4 is 5.91 Å². The van der Waals surface area contributed by atoms with Crippen molar-refractivity contribution in [3.63, 3.8) is 0 Å². The number of carbonyl (C=O) groups is 1. The Morgan fingerprint density at radius 3 is 2.83 bits per heavy atom. The van der Waals surface area contributed by atoms with Crippen molar-refractivity contribution in [1.82, 2.24) is 10.3 Å². The molecule has 1 amide bonds. The highest BCUT2D eigenvalue weighted by molar-refractivity contribution is 5.75. The Morgan fingerprint density at radius 1 is 1.50 bits per heavy atom. The van der Waals surface area contributed by atoms with E-state index in [0.717, 1.165) is 0 Å². The summed E-state index contributed by atoms with van der Waals surface area (Å²) in [7, 11) is 0. The number of ether oxygens (including phenoxy) is 1. The number of pyridine rings is 1. The highest BCUT2D eigenvalue weighted by atomic mass is 19.4. The third-order valence-electron chi connectivity index (χ3n) is 2.06. The first kappa shape index (κ1) is 14.3. The highest BCUT2D eigenvalue weighted by Gasteiger charge is 2.28. The van der Waals surface area contributed by atoms with E-state index in [1.54, 1.807) is 6.92 Å². The fourth-order valence-corrected chi connectivity index (χ4v) is 1.16. The minimum absolute atomic E-state index is 0.0197. The smallest absolute Gasteiger partial charge is 0.422 e. The summed E-state index contributed by atoms with van der Waals surface area (Å²) in [6, 6.07) is 1.50. The first-order valence-corrected chi connectivity index (χ1v) is 5.31. The molecule has 0 unspecified atom stereocenters. The minimum atomic E-state index is -4.40. The van der Waals surface area contributed by atoms with E-state index >= 15 is 0 Å². The van der Waals surface area contributed by atoms with Crippen molar-refractivity contribution in [2.45, 2.75) is 26.1 Å². The van der Waals surface area contributed by atoms with Crippen LogP contribution in [0, 0.1) is 0 Å². The monoisotopic (exact) mass is 262 g/mol. The number of nitrogens with one attached hydrogen (secondary N) is 1. The van der Waals surface area contributed by atoms with Crippen LogP contribution in [0.15, 0.2) is 18.5 Å². The van der Waals surface area contributed by atoms with Crippen molar-refractivity contribution in [3.05, 3.63) is 24.0 Å². The number of hydrogen-bond acceptors (Lipinski definition) is 3. The van der Waals surface area contributed by atoms with Gasteiger partial charge in [-0.05, 0) is 6.07 Å². The lowest BCUT2D eigenvalue weighted by atomic mass is 10.2. The molecule has 0 saturated heterocycles. The molecular formula is C11H13F3N2O2. The lowest BCUT2D eigenvalue weighted by Crippen LogP contribution is -2.23. The van der Waals surface area contributed by atoms with Crippen LogP contribution >= 0.6 is 0 Å². The third-order valence-corrected chi connectivity index (χ3v) is 2.06. The summed E-state index contributed by atoms with van der Waals surface area (Å²) < 4.78 is 40.7. The third kappa shape index (κ3) is 5.03. The molecule has 0 bridgehead atoms. The van der Waals surface area contributed by atoms with Gasteiger partial charge in [-0.15, -0.1) is 0 Å². The molecule has 1 aromatic heterocycles. The van der Waals surface area contributed by atoms with Gasteiger partial charge in [-0.25, -0.2) is 0 Å². The molecule has 0 aliphatic carbocycles. The fraction of sp³-hybridized carbons (Fsp3) is 0.455. The summed E-state index contributed by atoms with van der Waals surface area (Å²) in [5.74, 6) is -0.167. The molecule has 4 nitrogen and oxygen atoms in total. The van der Waals surface area contributed by atoms with E-state index in [2.05, 4.69) is 15.0 Å². The lowest BCUT2D eigenvalue weighted by molar-refractivity contribution is -0.153. The summed E-state index contributed by atoms with van der Waals surface area (Å²) >= 11 is 0. The van der Waals surface area contributed by atoms with Crippen molar-refractivity contribution in [1.29, 1.82) is 0 Å².